The van der Waals surface area contributed by atoms with Gasteiger partial charge in [-0.3, -0.25) is 9.59 Å². The molecule has 0 aliphatic carbocycles. The summed E-state index contributed by atoms with van der Waals surface area (Å²) in [4.78, 5) is 27.1. The number of amides is 2. The number of carbonyl (C=O) groups excluding carboxylic acids is 2. The summed E-state index contributed by atoms with van der Waals surface area (Å²) in [6.07, 6.45) is 0.681. The Morgan fingerprint density at radius 3 is 2.81 bits per heavy atom. The number of sulfonamides is 1. The van der Waals surface area contributed by atoms with Crippen LogP contribution in [0.4, 0.5) is 5.69 Å². The number of carbonyl (C=O) groups is 2. The summed E-state index contributed by atoms with van der Waals surface area (Å²) in [5, 5.41) is 4.49. The number of rotatable bonds is 3. The molecule has 1 aromatic carbocycles. The molecule has 0 bridgehead atoms. The van der Waals surface area contributed by atoms with Gasteiger partial charge in [0.25, 0.3) is 5.91 Å². The first-order valence-corrected chi connectivity index (χ1v) is 11.5. The fourth-order valence-electron chi connectivity index (χ4n) is 3.43. The van der Waals surface area contributed by atoms with Gasteiger partial charge in [0.1, 0.15) is 10.3 Å². The minimum atomic E-state index is -3.63. The minimum Gasteiger partial charge on any atom is -0.326 e. The van der Waals surface area contributed by atoms with Gasteiger partial charge in [-0.2, -0.15) is 0 Å². The lowest BCUT2D eigenvalue weighted by atomic mass is 9.97. The van der Waals surface area contributed by atoms with Crippen LogP contribution in [0.3, 0.4) is 0 Å². The van der Waals surface area contributed by atoms with E-state index in [0.717, 1.165) is 15.8 Å². The van der Waals surface area contributed by atoms with Crippen LogP contribution in [0, 0.1) is 0 Å². The third-order valence-electron chi connectivity index (χ3n) is 4.72. The number of thiophene rings is 1. The molecule has 2 N–H and O–H groups in total. The molecule has 7 nitrogen and oxygen atoms in total. The van der Waals surface area contributed by atoms with Gasteiger partial charge in [-0.05, 0) is 42.5 Å². The number of hydrogen-bond acceptors (Lipinski definition) is 5. The van der Waals surface area contributed by atoms with E-state index in [1.54, 1.807) is 35.7 Å². The maximum absolute atomic E-state index is 12.9. The summed E-state index contributed by atoms with van der Waals surface area (Å²) in [6, 6.07) is 7.22. The van der Waals surface area contributed by atoms with Crippen LogP contribution in [0.5, 0.6) is 0 Å². The molecule has 2 amide bonds. The maximum atomic E-state index is 12.9. The Kier molecular flexibility index (Phi) is 4.83. The molecule has 2 aromatic rings. The van der Waals surface area contributed by atoms with Crippen molar-refractivity contribution in [3.05, 3.63) is 45.7 Å². The molecule has 10 heteroatoms. The van der Waals surface area contributed by atoms with Crippen molar-refractivity contribution in [2.24, 2.45) is 0 Å². The molecule has 0 radical (unpaired) electrons. The normalized spacial score (nSPS) is 22.6. The topological polar surface area (TPSA) is 95.6 Å². The summed E-state index contributed by atoms with van der Waals surface area (Å²) in [5.41, 5.74) is 0.899. The number of fused-ring (bicyclic) bond motifs is 2. The van der Waals surface area contributed by atoms with Crippen LogP contribution in [-0.4, -0.2) is 43.8 Å². The van der Waals surface area contributed by atoms with E-state index in [1.165, 1.54) is 4.90 Å². The first kappa shape index (κ1) is 18.6. The zero-order valence-electron chi connectivity index (χ0n) is 14.0. The Bertz CT molecular complexity index is 1010. The van der Waals surface area contributed by atoms with Gasteiger partial charge in [0.05, 0.1) is 11.3 Å². The molecule has 4 rings (SSSR count). The smallest absolute Gasteiger partial charge is 0.256 e. The van der Waals surface area contributed by atoms with Gasteiger partial charge in [-0.15, -0.1) is 11.3 Å². The molecule has 3 heterocycles. The summed E-state index contributed by atoms with van der Waals surface area (Å²) in [5.74, 6) is -0.529. The minimum absolute atomic E-state index is 0.228. The Hall–Kier alpha value is -1.75. The molecule has 2 aliphatic rings. The predicted octanol–water partition coefficient (Wildman–Crippen LogP) is 2.41. The monoisotopic (exact) mass is 469 g/mol. The van der Waals surface area contributed by atoms with Crippen LogP contribution in [0.25, 0.3) is 0 Å². The highest BCUT2D eigenvalue weighted by Crippen LogP contribution is 2.30. The predicted molar refractivity (Wildman–Crippen MR) is 105 cm³/mol. The van der Waals surface area contributed by atoms with E-state index >= 15 is 0 Å². The van der Waals surface area contributed by atoms with Crippen molar-refractivity contribution in [3.63, 3.8) is 0 Å². The number of benzene rings is 1. The molecule has 2 unspecified atom stereocenters. The summed E-state index contributed by atoms with van der Waals surface area (Å²) >= 11 is 4.49. The van der Waals surface area contributed by atoms with E-state index in [9.17, 15) is 18.0 Å². The van der Waals surface area contributed by atoms with Crippen LogP contribution in [0.15, 0.2) is 44.4 Å². The van der Waals surface area contributed by atoms with E-state index in [4.69, 9.17) is 0 Å². The van der Waals surface area contributed by atoms with Gasteiger partial charge >= 0.3 is 0 Å². The van der Waals surface area contributed by atoms with Crippen molar-refractivity contribution in [1.29, 1.82) is 0 Å². The second-order valence-corrected chi connectivity index (χ2v) is 10.3. The van der Waals surface area contributed by atoms with Gasteiger partial charge < -0.3 is 10.2 Å². The zero-order chi connectivity index (χ0) is 19.2. The third-order valence-corrected chi connectivity index (χ3v) is 8.13. The number of nitrogens with zero attached hydrogens (tertiary/aromatic N) is 1. The highest BCUT2D eigenvalue weighted by molar-refractivity contribution is 9.10. The van der Waals surface area contributed by atoms with Crippen LogP contribution in [-0.2, 0) is 14.8 Å². The maximum Gasteiger partial charge on any atom is 0.256 e. The summed E-state index contributed by atoms with van der Waals surface area (Å²) < 4.78 is 28.6. The first-order chi connectivity index (χ1) is 12.8. The van der Waals surface area contributed by atoms with Crippen molar-refractivity contribution in [3.8, 4) is 0 Å². The molecule has 0 saturated carbocycles. The average molecular weight is 470 g/mol. The lowest BCUT2D eigenvalue weighted by Crippen LogP contribution is -2.54. The third kappa shape index (κ3) is 3.54. The largest absolute Gasteiger partial charge is 0.326 e. The van der Waals surface area contributed by atoms with Crippen molar-refractivity contribution in [1.82, 2.24) is 9.62 Å². The number of halogens is 1. The van der Waals surface area contributed by atoms with E-state index in [-0.39, 0.29) is 22.4 Å². The number of nitrogens with one attached hydrogen (secondary N) is 2. The SMILES string of the molecule is O=C1Nc2ccc(Br)cc2C(=O)N2CCC(NS(=O)(=O)c3cccs3)CC12. The van der Waals surface area contributed by atoms with E-state index in [0.29, 0.717) is 24.2 Å². The van der Waals surface area contributed by atoms with Crippen LogP contribution >= 0.6 is 27.3 Å². The molecule has 1 aromatic heterocycles. The molecule has 1 saturated heterocycles. The molecular formula is C17H16BrN3O4S2. The Morgan fingerprint density at radius 1 is 1.26 bits per heavy atom. The first-order valence-electron chi connectivity index (χ1n) is 8.32. The van der Waals surface area contributed by atoms with Gasteiger partial charge in [-0.25, -0.2) is 13.1 Å². The standard InChI is InChI=1S/C17H16BrN3O4S2/c18-10-3-4-13-12(8-10)17(23)21-6-5-11(9-14(21)16(22)19-13)20-27(24,25)15-2-1-7-26-15/h1-4,7-8,11,14,20H,5-6,9H2,(H,19,22). The van der Waals surface area contributed by atoms with Crippen molar-refractivity contribution < 1.29 is 18.0 Å². The lowest BCUT2D eigenvalue weighted by molar-refractivity contribution is -0.121. The van der Waals surface area contributed by atoms with Gasteiger partial charge in [-0.1, -0.05) is 22.0 Å². The molecule has 2 atom stereocenters. The second kappa shape index (κ2) is 7.01. The highest BCUT2D eigenvalue weighted by atomic mass is 79.9. The van der Waals surface area contributed by atoms with Gasteiger partial charge in [0.15, 0.2) is 0 Å². The Balaban J connectivity index is 1.57. The molecule has 1 fully saturated rings. The molecular weight excluding hydrogens is 454 g/mol. The number of anilines is 1. The molecule has 2 aliphatic heterocycles. The highest BCUT2D eigenvalue weighted by Gasteiger charge is 2.40. The van der Waals surface area contributed by atoms with Crippen molar-refractivity contribution in [2.45, 2.75) is 29.1 Å². The summed E-state index contributed by atoms with van der Waals surface area (Å²) in [7, 11) is -3.63. The second-order valence-electron chi connectivity index (χ2n) is 6.47. The average Bonchev–Trinajstić information content (AvgIpc) is 3.15. The van der Waals surface area contributed by atoms with Gasteiger partial charge in [0.2, 0.25) is 15.9 Å². The van der Waals surface area contributed by atoms with Crippen molar-refractivity contribution in [2.75, 3.05) is 11.9 Å². The lowest BCUT2D eigenvalue weighted by Gasteiger charge is -2.37. The molecule has 142 valence electrons. The molecule has 27 heavy (non-hydrogen) atoms. The fourth-order valence-corrected chi connectivity index (χ4v) is 6.09. The molecule has 0 spiro atoms. The number of hydrogen-bond donors (Lipinski definition) is 2. The van der Waals surface area contributed by atoms with E-state index in [1.807, 2.05) is 0 Å². The van der Waals surface area contributed by atoms with Crippen LogP contribution in [0.1, 0.15) is 23.2 Å². The summed E-state index contributed by atoms with van der Waals surface area (Å²) in [6.45, 7) is 0.306. The van der Waals surface area contributed by atoms with Crippen LogP contribution < -0.4 is 10.0 Å². The Labute approximate surface area is 168 Å². The van der Waals surface area contributed by atoms with Crippen LogP contribution in [0.2, 0.25) is 0 Å². The Morgan fingerprint density at radius 2 is 2.07 bits per heavy atom. The fraction of sp³-hybridized carbons (Fsp3) is 0.294. The van der Waals surface area contributed by atoms with E-state index in [2.05, 4.69) is 26.0 Å². The zero-order valence-corrected chi connectivity index (χ0v) is 17.2. The van der Waals surface area contributed by atoms with Crippen molar-refractivity contribution >= 4 is 54.8 Å². The quantitative estimate of drug-likeness (QED) is 0.721. The number of piperidine rings is 1. The van der Waals surface area contributed by atoms with Gasteiger partial charge in [0, 0.05) is 17.1 Å². The van der Waals surface area contributed by atoms with E-state index < -0.39 is 22.1 Å².